The summed E-state index contributed by atoms with van der Waals surface area (Å²) >= 11 is 0. The Kier molecular flexibility index (Phi) is 3.66. The molecule has 0 saturated heterocycles. The monoisotopic (exact) mass is 330 g/mol. The predicted molar refractivity (Wildman–Crippen MR) is 96.8 cm³/mol. The summed E-state index contributed by atoms with van der Waals surface area (Å²) in [5, 5.41) is 11.4. The zero-order valence-electron chi connectivity index (χ0n) is 13.9. The van der Waals surface area contributed by atoms with E-state index in [0.717, 1.165) is 22.4 Å². The lowest BCUT2D eigenvalue weighted by atomic mass is 9.72. The second-order valence-corrected chi connectivity index (χ2v) is 6.31. The molecule has 0 radical (unpaired) electrons. The van der Waals surface area contributed by atoms with E-state index in [2.05, 4.69) is 0 Å². The Labute approximate surface area is 146 Å². The number of hydrogen-bond acceptors (Lipinski definition) is 3. The van der Waals surface area contributed by atoms with Gasteiger partial charge in [-0.3, -0.25) is 4.79 Å². The van der Waals surface area contributed by atoms with Gasteiger partial charge in [0.05, 0.1) is 7.11 Å². The van der Waals surface area contributed by atoms with Crippen LogP contribution in [0.2, 0.25) is 0 Å². The van der Waals surface area contributed by atoms with Gasteiger partial charge in [-0.05, 0) is 34.4 Å². The molecule has 1 N–H and O–H groups in total. The average Bonchev–Trinajstić information content (AvgIpc) is 2.67. The van der Waals surface area contributed by atoms with Gasteiger partial charge in [-0.15, -0.1) is 0 Å². The van der Waals surface area contributed by atoms with E-state index in [1.54, 1.807) is 13.2 Å². The summed E-state index contributed by atoms with van der Waals surface area (Å²) in [6.45, 7) is 0. The van der Waals surface area contributed by atoms with Crippen molar-refractivity contribution in [3.8, 4) is 16.9 Å². The first-order valence-corrected chi connectivity index (χ1v) is 8.22. The van der Waals surface area contributed by atoms with Crippen LogP contribution >= 0.6 is 0 Å². The number of Topliss-reactive ketones (excluding diaryl/α,β-unsaturated/α-hetero) is 1. The second kappa shape index (κ2) is 5.87. The van der Waals surface area contributed by atoms with E-state index in [4.69, 9.17) is 4.74 Å². The van der Waals surface area contributed by atoms with Crippen LogP contribution in [0.25, 0.3) is 11.1 Å². The molecule has 3 aromatic rings. The number of aliphatic hydroxyl groups is 1. The third kappa shape index (κ3) is 2.44. The molecule has 124 valence electrons. The lowest BCUT2D eigenvalue weighted by molar-refractivity contribution is 0.0293. The van der Waals surface area contributed by atoms with E-state index in [1.165, 1.54) is 0 Å². The van der Waals surface area contributed by atoms with Gasteiger partial charge < -0.3 is 9.84 Å². The molecule has 1 unspecified atom stereocenters. The van der Waals surface area contributed by atoms with Crippen LogP contribution in [0.4, 0.5) is 0 Å². The number of ketones is 1. The van der Waals surface area contributed by atoms with Gasteiger partial charge in [-0.2, -0.15) is 0 Å². The lowest BCUT2D eigenvalue weighted by Gasteiger charge is -2.34. The van der Waals surface area contributed by atoms with Crippen LogP contribution in [0.3, 0.4) is 0 Å². The first-order chi connectivity index (χ1) is 12.1. The Morgan fingerprint density at radius 3 is 2.12 bits per heavy atom. The number of carbonyl (C=O) groups excluding carboxylic acids is 1. The van der Waals surface area contributed by atoms with E-state index >= 15 is 0 Å². The Hall–Kier alpha value is -2.91. The van der Waals surface area contributed by atoms with Crippen molar-refractivity contribution < 1.29 is 14.6 Å². The maximum atomic E-state index is 13.2. The quantitative estimate of drug-likeness (QED) is 0.790. The van der Waals surface area contributed by atoms with Gasteiger partial charge in [0.2, 0.25) is 0 Å². The average molecular weight is 330 g/mol. The van der Waals surface area contributed by atoms with Crippen molar-refractivity contribution in [1.82, 2.24) is 0 Å². The second-order valence-electron chi connectivity index (χ2n) is 6.31. The molecule has 0 fully saturated rings. The van der Waals surface area contributed by atoms with Gasteiger partial charge in [-0.1, -0.05) is 60.7 Å². The summed E-state index contributed by atoms with van der Waals surface area (Å²) in [6.07, 6.45) is 0.223. The SMILES string of the molecule is COc1ccc(CC2(O)C(=O)c3ccccc3-c3ccccc32)cc1. The van der Waals surface area contributed by atoms with Crippen LogP contribution < -0.4 is 4.74 Å². The fourth-order valence-electron chi connectivity index (χ4n) is 3.55. The number of methoxy groups -OCH3 is 1. The predicted octanol–water partition coefficient (Wildman–Crippen LogP) is 3.99. The third-order valence-corrected chi connectivity index (χ3v) is 4.83. The molecular formula is C22H18O3. The number of carbonyl (C=O) groups is 1. The van der Waals surface area contributed by atoms with E-state index < -0.39 is 5.60 Å². The van der Waals surface area contributed by atoms with Gasteiger partial charge in [-0.25, -0.2) is 0 Å². The van der Waals surface area contributed by atoms with Crippen LogP contribution in [0.5, 0.6) is 5.75 Å². The van der Waals surface area contributed by atoms with Crippen molar-refractivity contribution >= 4 is 5.78 Å². The molecule has 3 nitrogen and oxygen atoms in total. The van der Waals surface area contributed by atoms with Crippen molar-refractivity contribution in [2.24, 2.45) is 0 Å². The normalized spacial score (nSPS) is 18.4. The molecule has 0 aliphatic heterocycles. The van der Waals surface area contributed by atoms with Crippen molar-refractivity contribution in [1.29, 1.82) is 0 Å². The summed E-state index contributed by atoms with van der Waals surface area (Å²) < 4.78 is 5.18. The van der Waals surface area contributed by atoms with Gasteiger partial charge in [0, 0.05) is 12.0 Å². The Morgan fingerprint density at radius 2 is 1.44 bits per heavy atom. The lowest BCUT2D eigenvalue weighted by Crippen LogP contribution is -2.41. The van der Waals surface area contributed by atoms with Gasteiger partial charge in [0.1, 0.15) is 5.75 Å². The zero-order chi connectivity index (χ0) is 17.4. The van der Waals surface area contributed by atoms with Crippen molar-refractivity contribution in [3.05, 3.63) is 89.5 Å². The Balaban J connectivity index is 1.84. The summed E-state index contributed by atoms with van der Waals surface area (Å²) in [5.74, 6) is 0.495. The highest BCUT2D eigenvalue weighted by molar-refractivity contribution is 6.11. The maximum Gasteiger partial charge on any atom is 0.199 e. The topological polar surface area (TPSA) is 46.5 Å². The van der Waals surface area contributed by atoms with E-state index in [0.29, 0.717) is 11.1 Å². The molecule has 25 heavy (non-hydrogen) atoms. The van der Waals surface area contributed by atoms with Crippen molar-refractivity contribution in [2.45, 2.75) is 12.0 Å². The van der Waals surface area contributed by atoms with Gasteiger partial charge in [0.15, 0.2) is 11.4 Å². The highest BCUT2D eigenvalue weighted by Gasteiger charge is 2.44. The Bertz CT molecular complexity index is 943. The smallest absolute Gasteiger partial charge is 0.199 e. The number of hydrogen-bond donors (Lipinski definition) is 1. The first kappa shape index (κ1) is 15.6. The van der Waals surface area contributed by atoms with Gasteiger partial charge >= 0.3 is 0 Å². The number of benzene rings is 3. The molecule has 0 spiro atoms. The molecular weight excluding hydrogens is 312 g/mol. The van der Waals surface area contributed by atoms with Crippen LogP contribution in [-0.4, -0.2) is 18.0 Å². The summed E-state index contributed by atoms with van der Waals surface area (Å²) in [4.78, 5) is 13.2. The number of fused-ring (bicyclic) bond motifs is 3. The standard InChI is InChI=1S/C22H18O3/c1-25-16-12-10-15(11-13-16)14-22(24)20-9-5-4-7-18(20)17-6-2-3-8-19(17)21(22)23/h2-13,24H,14H2,1H3. The summed E-state index contributed by atoms with van der Waals surface area (Å²) in [6, 6.07) is 22.5. The largest absolute Gasteiger partial charge is 0.497 e. The molecule has 0 aromatic heterocycles. The molecule has 3 heteroatoms. The highest BCUT2D eigenvalue weighted by Crippen LogP contribution is 2.43. The van der Waals surface area contributed by atoms with Crippen LogP contribution in [0, 0.1) is 0 Å². The van der Waals surface area contributed by atoms with E-state index in [9.17, 15) is 9.90 Å². The van der Waals surface area contributed by atoms with Crippen LogP contribution in [0.15, 0.2) is 72.8 Å². The molecule has 1 aliphatic rings. The fourth-order valence-corrected chi connectivity index (χ4v) is 3.55. The summed E-state index contributed by atoms with van der Waals surface area (Å²) in [5.41, 5.74) is 2.33. The molecule has 0 bridgehead atoms. The molecule has 1 aliphatic carbocycles. The van der Waals surface area contributed by atoms with E-state index in [-0.39, 0.29) is 12.2 Å². The maximum absolute atomic E-state index is 13.2. The van der Waals surface area contributed by atoms with Crippen molar-refractivity contribution in [2.75, 3.05) is 7.11 Å². The molecule has 0 saturated carbocycles. The third-order valence-electron chi connectivity index (χ3n) is 4.83. The minimum absolute atomic E-state index is 0.223. The fraction of sp³-hybridized carbons (Fsp3) is 0.136. The first-order valence-electron chi connectivity index (χ1n) is 8.22. The minimum Gasteiger partial charge on any atom is -0.497 e. The Morgan fingerprint density at radius 1 is 0.840 bits per heavy atom. The molecule has 4 rings (SSSR count). The molecule has 0 amide bonds. The summed E-state index contributed by atoms with van der Waals surface area (Å²) in [7, 11) is 1.61. The van der Waals surface area contributed by atoms with Crippen molar-refractivity contribution in [3.63, 3.8) is 0 Å². The van der Waals surface area contributed by atoms with Crippen LogP contribution in [0.1, 0.15) is 21.5 Å². The van der Waals surface area contributed by atoms with Crippen LogP contribution in [-0.2, 0) is 12.0 Å². The zero-order valence-corrected chi connectivity index (χ0v) is 13.9. The van der Waals surface area contributed by atoms with Gasteiger partial charge in [0.25, 0.3) is 0 Å². The van der Waals surface area contributed by atoms with E-state index in [1.807, 2.05) is 66.7 Å². The highest BCUT2D eigenvalue weighted by atomic mass is 16.5. The number of rotatable bonds is 3. The molecule has 0 heterocycles. The number of ether oxygens (including phenoxy) is 1. The molecule has 3 aromatic carbocycles. The molecule has 1 atom stereocenters. The minimum atomic E-state index is -1.57.